The first-order valence-corrected chi connectivity index (χ1v) is 7.52. The van der Waals surface area contributed by atoms with Gasteiger partial charge in [0.25, 0.3) is 0 Å². The summed E-state index contributed by atoms with van der Waals surface area (Å²) in [6, 6.07) is 9.63. The molecule has 5 heteroatoms. The Labute approximate surface area is 128 Å². The minimum atomic E-state index is 0.574. The lowest BCUT2D eigenvalue weighted by molar-refractivity contribution is 0.454. The summed E-state index contributed by atoms with van der Waals surface area (Å²) in [4.78, 5) is 8.70. The first-order chi connectivity index (χ1) is 8.69. The summed E-state index contributed by atoms with van der Waals surface area (Å²) >= 11 is 5.62. The van der Waals surface area contributed by atoms with Crippen molar-refractivity contribution in [1.82, 2.24) is 9.97 Å². The molecular formula is C13H12BrIN2O. The average molecular weight is 419 g/mol. The summed E-state index contributed by atoms with van der Waals surface area (Å²) < 4.78 is 7.60. The van der Waals surface area contributed by atoms with E-state index >= 15 is 0 Å². The van der Waals surface area contributed by atoms with E-state index < -0.39 is 0 Å². The van der Waals surface area contributed by atoms with E-state index in [4.69, 9.17) is 4.74 Å². The van der Waals surface area contributed by atoms with Crippen molar-refractivity contribution in [2.24, 2.45) is 0 Å². The molecule has 0 radical (unpaired) electrons. The van der Waals surface area contributed by atoms with Crippen LogP contribution in [0.3, 0.4) is 0 Å². The molecule has 1 aromatic carbocycles. The van der Waals surface area contributed by atoms with E-state index in [2.05, 4.69) is 55.4 Å². The molecule has 94 valence electrons. The number of para-hydroxylation sites is 1. The summed E-state index contributed by atoms with van der Waals surface area (Å²) in [5.41, 5.74) is 0. The Morgan fingerprint density at radius 3 is 2.78 bits per heavy atom. The Morgan fingerprint density at radius 2 is 2.06 bits per heavy atom. The van der Waals surface area contributed by atoms with Gasteiger partial charge in [-0.15, -0.1) is 0 Å². The molecule has 0 unspecified atom stereocenters. The van der Waals surface area contributed by atoms with E-state index in [1.807, 2.05) is 24.3 Å². The SMILES string of the molecule is CCCc1nc(Br)cc(Oc2ccccc2I)n1. The van der Waals surface area contributed by atoms with Crippen molar-refractivity contribution >= 4 is 38.5 Å². The second-order valence-electron chi connectivity index (χ2n) is 3.73. The van der Waals surface area contributed by atoms with E-state index in [0.717, 1.165) is 32.6 Å². The molecule has 0 aliphatic rings. The molecule has 0 saturated heterocycles. The topological polar surface area (TPSA) is 35.0 Å². The number of aromatic nitrogens is 2. The molecule has 18 heavy (non-hydrogen) atoms. The fraction of sp³-hybridized carbons (Fsp3) is 0.231. The molecule has 0 bridgehead atoms. The van der Waals surface area contributed by atoms with Crippen molar-refractivity contribution in [2.45, 2.75) is 19.8 Å². The van der Waals surface area contributed by atoms with Crippen LogP contribution in [-0.4, -0.2) is 9.97 Å². The molecule has 2 aromatic rings. The number of hydrogen-bond acceptors (Lipinski definition) is 3. The number of ether oxygens (including phenoxy) is 1. The number of nitrogens with zero attached hydrogens (tertiary/aromatic N) is 2. The third-order valence-corrected chi connectivity index (χ3v) is 3.54. The van der Waals surface area contributed by atoms with Crippen LogP contribution in [0, 0.1) is 3.57 Å². The molecule has 0 fully saturated rings. The maximum Gasteiger partial charge on any atom is 0.223 e. The summed E-state index contributed by atoms with van der Waals surface area (Å²) in [5.74, 6) is 2.18. The molecule has 0 spiro atoms. The lowest BCUT2D eigenvalue weighted by atomic mass is 10.3. The van der Waals surface area contributed by atoms with Crippen LogP contribution in [0.15, 0.2) is 34.9 Å². The maximum absolute atomic E-state index is 5.79. The van der Waals surface area contributed by atoms with Crippen LogP contribution in [0.2, 0.25) is 0 Å². The summed E-state index contributed by atoms with van der Waals surface area (Å²) in [7, 11) is 0. The van der Waals surface area contributed by atoms with Crippen LogP contribution in [0.25, 0.3) is 0 Å². The summed E-state index contributed by atoms with van der Waals surface area (Å²) in [6.07, 6.45) is 1.86. The van der Waals surface area contributed by atoms with Crippen molar-refractivity contribution in [3.8, 4) is 11.6 Å². The Hall–Kier alpha value is -0.690. The lowest BCUT2D eigenvalue weighted by Gasteiger charge is -2.08. The van der Waals surface area contributed by atoms with Gasteiger partial charge in [0.1, 0.15) is 16.2 Å². The van der Waals surface area contributed by atoms with Crippen molar-refractivity contribution in [3.63, 3.8) is 0 Å². The number of halogens is 2. The Balaban J connectivity index is 2.26. The van der Waals surface area contributed by atoms with Crippen molar-refractivity contribution < 1.29 is 4.74 Å². The fourth-order valence-electron chi connectivity index (χ4n) is 1.47. The lowest BCUT2D eigenvalue weighted by Crippen LogP contribution is -1.98. The minimum Gasteiger partial charge on any atom is -0.438 e. The molecule has 2 rings (SSSR count). The summed E-state index contributed by atoms with van der Waals surface area (Å²) in [5, 5.41) is 0. The van der Waals surface area contributed by atoms with Crippen LogP contribution in [0.4, 0.5) is 0 Å². The highest BCUT2D eigenvalue weighted by Crippen LogP contribution is 2.26. The van der Waals surface area contributed by atoms with Gasteiger partial charge in [0.15, 0.2) is 0 Å². The van der Waals surface area contributed by atoms with Gasteiger partial charge >= 0.3 is 0 Å². The van der Waals surface area contributed by atoms with Gasteiger partial charge in [0, 0.05) is 12.5 Å². The largest absolute Gasteiger partial charge is 0.438 e. The van der Waals surface area contributed by atoms with Gasteiger partial charge in [0.05, 0.1) is 3.57 Å². The van der Waals surface area contributed by atoms with Gasteiger partial charge in [-0.3, -0.25) is 0 Å². The molecule has 1 heterocycles. The molecule has 3 nitrogen and oxygen atoms in total. The molecule has 0 aliphatic carbocycles. The van der Waals surface area contributed by atoms with Gasteiger partial charge < -0.3 is 4.74 Å². The van der Waals surface area contributed by atoms with Crippen LogP contribution < -0.4 is 4.74 Å². The quantitative estimate of drug-likeness (QED) is 0.538. The predicted molar refractivity (Wildman–Crippen MR) is 83.0 cm³/mol. The molecule has 1 aromatic heterocycles. The van der Waals surface area contributed by atoms with Crippen LogP contribution in [-0.2, 0) is 6.42 Å². The third-order valence-electron chi connectivity index (χ3n) is 2.24. The second kappa shape index (κ2) is 6.47. The predicted octanol–water partition coefficient (Wildman–Crippen LogP) is 4.59. The van der Waals surface area contributed by atoms with Crippen LogP contribution in [0.1, 0.15) is 19.2 Å². The average Bonchev–Trinajstić information content (AvgIpc) is 2.32. The van der Waals surface area contributed by atoms with Crippen LogP contribution >= 0.6 is 38.5 Å². The number of benzene rings is 1. The molecule has 0 amide bonds. The highest BCUT2D eigenvalue weighted by atomic mass is 127. The van der Waals surface area contributed by atoms with E-state index in [1.165, 1.54) is 0 Å². The van der Waals surface area contributed by atoms with Crippen molar-refractivity contribution in [3.05, 3.63) is 44.3 Å². The number of aryl methyl sites for hydroxylation is 1. The standard InChI is InChI=1S/C13H12BrIN2O/c1-2-5-12-16-11(14)8-13(17-12)18-10-7-4-3-6-9(10)15/h3-4,6-8H,2,5H2,1H3. The zero-order valence-electron chi connectivity index (χ0n) is 9.86. The highest BCUT2D eigenvalue weighted by molar-refractivity contribution is 14.1. The molecule has 0 atom stereocenters. The number of rotatable bonds is 4. The van der Waals surface area contributed by atoms with Gasteiger partial charge in [-0.2, -0.15) is 4.98 Å². The first kappa shape index (κ1) is 13.7. The van der Waals surface area contributed by atoms with E-state index in [0.29, 0.717) is 5.88 Å². The highest BCUT2D eigenvalue weighted by Gasteiger charge is 2.06. The Kier molecular flexibility index (Phi) is 4.94. The molecule has 0 N–H and O–H groups in total. The van der Waals surface area contributed by atoms with Gasteiger partial charge in [-0.25, -0.2) is 4.98 Å². The molecular weight excluding hydrogens is 407 g/mol. The maximum atomic E-state index is 5.79. The zero-order valence-corrected chi connectivity index (χ0v) is 13.6. The second-order valence-corrected chi connectivity index (χ2v) is 5.70. The van der Waals surface area contributed by atoms with Gasteiger partial charge in [-0.1, -0.05) is 19.1 Å². The molecule has 0 saturated carbocycles. The van der Waals surface area contributed by atoms with E-state index in [1.54, 1.807) is 6.07 Å². The Bertz CT molecular complexity index is 548. The number of hydrogen-bond donors (Lipinski definition) is 0. The van der Waals surface area contributed by atoms with Crippen LogP contribution in [0.5, 0.6) is 11.6 Å². The third kappa shape index (κ3) is 3.65. The minimum absolute atomic E-state index is 0.574. The van der Waals surface area contributed by atoms with E-state index in [-0.39, 0.29) is 0 Å². The van der Waals surface area contributed by atoms with E-state index in [9.17, 15) is 0 Å². The van der Waals surface area contributed by atoms with Crippen molar-refractivity contribution in [1.29, 1.82) is 0 Å². The summed E-state index contributed by atoms with van der Waals surface area (Å²) in [6.45, 7) is 2.10. The monoisotopic (exact) mass is 418 g/mol. The normalized spacial score (nSPS) is 10.4. The zero-order chi connectivity index (χ0) is 13.0. The van der Waals surface area contributed by atoms with Gasteiger partial charge in [0.2, 0.25) is 5.88 Å². The Morgan fingerprint density at radius 1 is 1.28 bits per heavy atom. The fourth-order valence-corrected chi connectivity index (χ4v) is 2.37. The van der Waals surface area contributed by atoms with Crippen molar-refractivity contribution in [2.75, 3.05) is 0 Å². The smallest absolute Gasteiger partial charge is 0.223 e. The first-order valence-electron chi connectivity index (χ1n) is 5.65. The van der Waals surface area contributed by atoms with Gasteiger partial charge in [-0.05, 0) is 57.1 Å². The molecule has 0 aliphatic heterocycles.